The SMILES string of the molecule is COc1ccc(CN(CC2(O)CCC3C45C=CC6(C=C4C(=O)c4cccc(C(F)(F)F)c4)CC(O)CCC6(C)C5CCC32C)C(=O)Oc2ccc3ccccc3c2)c(OC)c1. The molecule has 2 N–H and O–H groups in total. The van der Waals surface area contributed by atoms with E-state index in [1.807, 2.05) is 42.5 Å². The first-order chi connectivity index (χ1) is 29.0. The van der Waals surface area contributed by atoms with Gasteiger partial charge in [0.1, 0.15) is 17.2 Å². The predicted molar refractivity (Wildman–Crippen MR) is 224 cm³/mol. The summed E-state index contributed by atoms with van der Waals surface area (Å²) in [5, 5.41) is 26.2. The van der Waals surface area contributed by atoms with Crippen molar-refractivity contribution in [1.29, 1.82) is 0 Å². The average Bonchev–Trinajstić information content (AvgIpc) is 3.52. The van der Waals surface area contributed by atoms with Crippen molar-refractivity contribution in [1.82, 2.24) is 4.90 Å². The Hall–Kier alpha value is -5.13. The summed E-state index contributed by atoms with van der Waals surface area (Å²) in [6.45, 7) is 4.25. The van der Waals surface area contributed by atoms with Crippen molar-refractivity contribution in [2.45, 2.75) is 83.2 Å². The maximum atomic E-state index is 15.0. The van der Waals surface area contributed by atoms with Crippen LogP contribution in [0.5, 0.6) is 17.2 Å². The molecular formula is C50H52F3NO7. The molecule has 2 bridgehead atoms. The van der Waals surface area contributed by atoms with Gasteiger partial charge in [-0.3, -0.25) is 4.79 Å². The molecule has 8 unspecified atom stereocenters. The number of hydrogen-bond acceptors (Lipinski definition) is 7. The molecule has 3 saturated carbocycles. The number of alkyl halides is 3. The van der Waals surface area contributed by atoms with Crippen molar-refractivity contribution in [3.05, 3.63) is 125 Å². The van der Waals surface area contributed by atoms with Gasteiger partial charge in [0.15, 0.2) is 5.78 Å². The minimum Gasteiger partial charge on any atom is -0.497 e. The number of ketones is 1. The first kappa shape index (κ1) is 41.2. The number of ether oxygens (including phenoxy) is 3. The molecule has 6 aliphatic carbocycles. The number of Topliss-reactive ketones (excluding diaryl/α,β-unsaturated/α-hetero) is 1. The molecule has 6 aliphatic rings. The second-order valence-electron chi connectivity index (χ2n) is 18.6. The number of amides is 1. The number of aliphatic hydroxyl groups excluding tert-OH is 1. The van der Waals surface area contributed by atoms with Crippen molar-refractivity contribution in [2.75, 3.05) is 20.8 Å². The maximum Gasteiger partial charge on any atom is 0.416 e. The van der Waals surface area contributed by atoms with E-state index in [0.29, 0.717) is 66.9 Å². The largest absolute Gasteiger partial charge is 0.497 e. The van der Waals surface area contributed by atoms with Crippen molar-refractivity contribution in [2.24, 2.45) is 33.5 Å². The molecule has 3 fully saturated rings. The Bertz CT molecular complexity index is 2480. The third-order valence-corrected chi connectivity index (χ3v) is 15.9. The lowest BCUT2D eigenvalue weighted by atomic mass is 9.32. The summed E-state index contributed by atoms with van der Waals surface area (Å²) >= 11 is 0. The summed E-state index contributed by atoms with van der Waals surface area (Å²) in [6, 6.07) is 23.2. The highest BCUT2D eigenvalue weighted by molar-refractivity contribution is 6.10. The Kier molecular flexibility index (Phi) is 9.79. The Morgan fingerprint density at radius 2 is 1.52 bits per heavy atom. The number of allylic oxidation sites excluding steroid dienone is 4. The van der Waals surface area contributed by atoms with Crippen LogP contribution in [0.3, 0.4) is 0 Å². The summed E-state index contributed by atoms with van der Waals surface area (Å²) < 4.78 is 59.4. The van der Waals surface area contributed by atoms with E-state index in [2.05, 4.69) is 26.0 Å². The molecule has 61 heavy (non-hydrogen) atoms. The van der Waals surface area contributed by atoms with Gasteiger partial charge in [0.2, 0.25) is 0 Å². The van der Waals surface area contributed by atoms with Crippen LogP contribution in [-0.4, -0.2) is 59.5 Å². The van der Waals surface area contributed by atoms with Gasteiger partial charge >= 0.3 is 12.3 Å². The summed E-state index contributed by atoms with van der Waals surface area (Å²) in [7, 11) is 3.10. The lowest BCUT2D eigenvalue weighted by Gasteiger charge is -2.71. The lowest BCUT2D eigenvalue weighted by Crippen LogP contribution is -2.67. The number of fused-ring (bicyclic) bond motifs is 2. The average molecular weight is 836 g/mol. The number of carbonyl (C=O) groups is 2. The third-order valence-electron chi connectivity index (χ3n) is 15.9. The predicted octanol–water partition coefficient (Wildman–Crippen LogP) is 10.4. The number of nitrogens with zero attached hydrogens (tertiary/aromatic N) is 1. The molecule has 4 aromatic rings. The number of carbonyl (C=O) groups excluding carboxylic acids is 2. The van der Waals surface area contributed by atoms with Gasteiger partial charge in [-0.2, -0.15) is 13.2 Å². The van der Waals surface area contributed by atoms with E-state index in [0.717, 1.165) is 29.3 Å². The summed E-state index contributed by atoms with van der Waals surface area (Å²) in [4.78, 5) is 31.0. The molecule has 0 heterocycles. The van der Waals surface area contributed by atoms with Gasteiger partial charge in [-0.05, 0) is 109 Å². The molecule has 0 saturated heterocycles. The van der Waals surface area contributed by atoms with Crippen LogP contribution >= 0.6 is 0 Å². The molecule has 1 amide bonds. The normalized spacial score (nSPS) is 32.3. The Labute approximate surface area is 354 Å². The number of aliphatic hydroxyl groups is 2. The Morgan fingerprint density at radius 3 is 2.28 bits per heavy atom. The van der Waals surface area contributed by atoms with Gasteiger partial charge in [0.05, 0.1) is 44.6 Å². The van der Waals surface area contributed by atoms with Crippen LogP contribution in [0.1, 0.15) is 80.3 Å². The molecule has 11 heteroatoms. The van der Waals surface area contributed by atoms with Crippen LogP contribution in [0.15, 0.2) is 109 Å². The molecule has 0 aromatic heterocycles. The zero-order valence-electron chi connectivity index (χ0n) is 34.9. The van der Waals surface area contributed by atoms with Crippen LogP contribution in [0, 0.1) is 33.5 Å². The minimum atomic E-state index is -4.63. The number of benzene rings is 4. The smallest absolute Gasteiger partial charge is 0.416 e. The number of halogens is 3. The van der Waals surface area contributed by atoms with E-state index in [1.165, 1.54) is 17.0 Å². The van der Waals surface area contributed by atoms with Gasteiger partial charge in [-0.25, -0.2) is 4.79 Å². The van der Waals surface area contributed by atoms with Gasteiger partial charge in [0.25, 0.3) is 0 Å². The van der Waals surface area contributed by atoms with Gasteiger partial charge in [-0.15, -0.1) is 0 Å². The zero-order valence-corrected chi connectivity index (χ0v) is 34.9. The first-order valence-electron chi connectivity index (χ1n) is 21.2. The third kappa shape index (κ3) is 6.31. The number of rotatable bonds is 9. The molecule has 10 rings (SSSR count). The molecule has 0 radical (unpaired) electrons. The fourth-order valence-corrected chi connectivity index (χ4v) is 12.7. The van der Waals surface area contributed by atoms with Crippen LogP contribution in [0.4, 0.5) is 18.0 Å². The van der Waals surface area contributed by atoms with Gasteiger partial charge in [0, 0.05) is 39.0 Å². The molecule has 8 nitrogen and oxygen atoms in total. The molecule has 320 valence electrons. The summed E-state index contributed by atoms with van der Waals surface area (Å²) in [5.41, 5.74) is -4.06. The fraction of sp³-hybridized carbons (Fsp3) is 0.440. The van der Waals surface area contributed by atoms with Crippen LogP contribution < -0.4 is 14.2 Å². The van der Waals surface area contributed by atoms with E-state index in [1.54, 1.807) is 38.5 Å². The van der Waals surface area contributed by atoms with Crippen molar-refractivity contribution < 1.29 is 47.2 Å². The Morgan fingerprint density at radius 1 is 0.803 bits per heavy atom. The molecule has 4 aromatic carbocycles. The number of methoxy groups -OCH3 is 2. The second-order valence-corrected chi connectivity index (χ2v) is 18.6. The first-order valence-corrected chi connectivity index (χ1v) is 21.2. The van der Waals surface area contributed by atoms with Gasteiger partial charge < -0.3 is 29.3 Å². The van der Waals surface area contributed by atoms with E-state index in [-0.39, 0.29) is 35.9 Å². The second kappa shape index (κ2) is 14.5. The van der Waals surface area contributed by atoms with Gasteiger partial charge in [-0.1, -0.05) is 74.5 Å². The highest BCUT2D eigenvalue weighted by Crippen LogP contribution is 2.78. The van der Waals surface area contributed by atoms with Crippen LogP contribution in [0.2, 0.25) is 0 Å². The van der Waals surface area contributed by atoms with Crippen LogP contribution in [-0.2, 0) is 12.7 Å². The quantitative estimate of drug-likeness (QED) is 0.128. The van der Waals surface area contributed by atoms with E-state index in [9.17, 15) is 33.0 Å². The molecular weight excluding hydrogens is 784 g/mol. The van der Waals surface area contributed by atoms with Crippen LogP contribution in [0.25, 0.3) is 10.8 Å². The van der Waals surface area contributed by atoms with E-state index >= 15 is 0 Å². The fourth-order valence-electron chi connectivity index (χ4n) is 12.7. The minimum absolute atomic E-state index is 0.0401. The standard InChI is InChI=1S/C50H52F3NO7/c1-45-19-16-36(55)27-47(45)22-23-49(39(28-47)43(56)33-10-7-11-35(24-33)50(51,52)53)41(45)17-20-46(2)42(49)18-21-48(46,58)30-54(29-34-13-14-37(59-3)26-40(34)60-4)44(57)61-38-15-12-31-8-5-6-9-32(31)25-38/h5-15,22-26,28,36,41-42,55,58H,16-21,27,29-30H2,1-4H3. The van der Waals surface area contributed by atoms with E-state index < -0.39 is 51.6 Å². The summed E-state index contributed by atoms with van der Waals surface area (Å²) in [5.74, 6) is 0.574. The van der Waals surface area contributed by atoms with E-state index in [4.69, 9.17) is 14.2 Å². The number of hydrogen-bond donors (Lipinski definition) is 2. The maximum absolute atomic E-state index is 15.0. The molecule has 8 atom stereocenters. The Balaban J connectivity index is 1.11. The van der Waals surface area contributed by atoms with Crippen molar-refractivity contribution in [3.8, 4) is 17.2 Å². The highest BCUT2D eigenvalue weighted by atomic mass is 19.4. The monoisotopic (exact) mass is 835 g/mol. The highest BCUT2D eigenvalue weighted by Gasteiger charge is 2.74. The topological polar surface area (TPSA) is 106 Å². The van der Waals surface area contributed by atoms with Crippen molar-refractivity contribution in [3.63, 3.8) is 0 Å². The molecule has 2 spiro atoms. The van der Waals surface area contributed by atoms with Crippen molar-refractivity contribution >= 4 is 22.6 Å². The lowest BCUT2D eigenvalue weighted by molar-refractivity contribution is -0.175. The zero-order chi connectivity index (χ0) is 43.2. The summed E-state index contributed by atoms with van der Waals surface area (Å²) in [6.07, 6.45) is 4.17. The molecule has 0 aliphatic heterocycles.